The molecule has 0 aliphatic heterocycles. The fraction of sp³-hybridized carbons (Fsp3) is 0.667. The zero-order valence-electron chi connectivity index (χ0n) is 5.02. The van der Waals surface area contributed by atoms with Crippen LogP contribution in [-0.2, 0) is 9.63 Å². The van der Waals surface area contributed by atoms with Gasteiger partial charge in [-0.1, -0.05) is 0 Å². The lowest BCUT2D eigenvalue weighted by Crippen LogP contribution is -2.35. The highest BCUT2D eigenvalue weighted by Gasteiger charge is 2.09. The Labute approximate surface area is 70.5 Å². The van der Waals surface area contributed by atoms with Crippen molar-refractivity contribution in [1.82, 2.24) is 0 Å². The number of aliphatic carboxylic acids is 1. The van der Waals surface area contributed by atoms with Gasteiger partial charge in [0.1, 0.15) is 6.04 Å². The molecule has 64 valence electrons. The average Bonchev–Trinajstić information content (AvgIpc) is 1.67. The SMILES string of the molecule is Cl.Cl.NOCC(N)C(=O)O. The number of carbonyl (C=O) groups is 1. The van der Waals surface area contributed by atoms with Crippen LogP contribution in [0.5, 0.6) is 0 Å². The minimum atomic E-state index is -1.12. The van der Waals surface area contributed by atoms with E-state index in [2.05, 4.69) is 10.7 Å². The Kier molecular flexibility index (Phi) is 14.7. The fourth-order valence-corrected chi connectivity index (χ4v) is 0.175. The summed E-state index contributed by atoms with van der Waals surface area (Å²) in [6, 6.07) is -1.01. The van der Waals surface area contributed by atoms with Crippen LogP contribution in [0.4, 0.5) is 0 Å². The standard InChI is InChI=1S/C3H8N2O3.2ClH/c4-2(1-8-5)3(6)7;;/h2H,1,4-5H2,(H,6,7);2*1H. The molecule has 0 aromatic carbocycles. The summed E-state index contributed by atoms with van der Waals surface area (Å²) in [6.45, 7) is -0.157. The molecule has 5 nitrogen and oxygen atoms in total. The second kappa shape index (κ2) is 8.93. The van der Waals surface area contributed by atoms with Crippen molar-refractivity contribution >= 4 is 30.8 Å². The van der Waals surface area contributed by atoms with Crippen LogP contribution in [0.1, 0.15) is 0 Å². The van der Waals surface area contributed by atoms with E-state index in [0.717, 1.165) is 0 Å². The zero-order chi connectivity index (χ0) is 6.57. The molecular formula is C3H10Cl2N2O3. The van der Waals surface area contributed by atoms with Crippen molar-refractivity contribution in [2.45, 2.75) is 6.04 Å². The van der Waals surface area contributed by atoms with Crippen LogP contribution in [0.25, 0.3) is 0 Å². The number of rotatable bonds is 3. The first kappa shape index (κ1) is 16.5. The summed E-state index contributed by atoms with van der Waals surface area (Å²) in [5.41, 5.74) is 4.92. The van der Waals surface area contributed by atoms with Crippen LogP contribution in [0.3, 0.4) is 0 Å². The Morgan fingerprint density at radius 2 is 2.00 bits per heavy atom. The first-order chi connectivity index (χ1) is 3.68. The summed E-state index contributed by atoms with van der Waals surface area (Å²) in [5.74, 6) is 3.41. The zero-order valence-corrected chi connectivity index (χ0v) is 6.65. The predicted molar refractivity (Wildman–Crippen MR) is 40.2 cm³/mol. The van der Waals surface area contributed by atoms with E-state index in [1.807, 2.05) is 0 Å². The molecule has 0 aromatic rings. The Morgan fingerprint density at radius 3 is 2.10 bits per heavy atom. The maximum absolute atomic E-state index is 9.83. The van der Waals surface area contributed by atoms with Gasteiger partial charge in [0.2, 0.25) is 0 Å². The van der Waals surface area contributed by atoms with Gasteiger partial charge in [-0.3, -0.25) is 4.79 Å². The van der Waals surface area contributed by atoms with Gasteiger partial charge in [-0.05, 0) is 0 Å². The van der Waals surface area contributed by atoms with E-state index in [1.165, 1.54) is 0 Å². The van der Waals surface area contributed by atoms with Crippen LogP contribution in [0, 0.1) is 0 Å². The monoisotopic (exact) mass is 192 g/mol. The third-order valence-electron chi connectivity index (χ3n) is 0.593. The van der Waals surface area contributed by atoms with Crippen LogP contribution >= 0.6 is 24.8 Å². The van der Waals surface area contributed by atoms with E-state index < -0.39 is 12.0 Å². The van der Waals surface area contributed by atoms with E-state index in [1.54, 1.807) is 0 Å². The molecule has 0 radical (unpaired) electrons. The summed E-state index contributed by atoms with van der Waals surface area (Å²) in [7, 11) is 0. The Bertz CT molecular complexity index is 91.8. The minimum Gasteiger partial charge on any atom is -0.480 e. The smallest absolute Gasteiger partial charge is 0.322 e. The molecule has 0 aromatic heterocycles. The number of carboxylic acids is 1. The highest BCUT2D eigenvalue weighted by molar-refractivity contribution is 5.85. The van der Waals surface area contributed by atoms with Crippen LogP contribution in [0.2, 0.25) is 0 Å². The molecule has 1 unspecified atom stereocenters. The van der Waals surface area contributed by atoms with E-state index in [0.29, 0.717) is 0 Å². The molecule has 0 fully saturated rings. The third kappa shape index (κ3) is 7.93. The number of hydrogen-bond donors (Lipinski definition) is 3. The summed E-state index contributed by atoms with van der Waals surface area (Å²) in [4.78, 5) is 13.8. The fourth-order valence-electron chi connectivity index (χ4n) is 0.175. The van der Waals surface area contributed by atoms with Crippen LogP contribution < -0.4 is 11.6 Å². The molecule has 1 atom stereocenters. The van der Waals surface area contributed by atoms with Crippen molar-refractivity contribution in [2.75, 3.05) is 6.61 Å². The largest absolute Gasteiger partial charge is 0.480 e. The number of halogens is 2. The van der Waals surface area contributed by atoms with Crippen LogP contribution in [-0.4, -0.2) is 23.7 Å². The summed E-state index contributed by atoms with van der Waals surface area (Å²) in [6.07, 6.45) is 0. The lowest BCUT2D eigenvalue weighted by atomic mass is 10.3. The molecule has 0 saturated carbocycles. The van der Waals surface area contributed by atoms with Crippen molar-refractivity contribution in [1.29, 1.82) is 0 Å². The Balaban J connectivity index is -0.000000245. The van der Waals surface area contributed by atoms with Gasteiger partial charge < -0.3 is 15.7 Å². The highest BCUT2D eigenvalue weighted by Crippen LogP contribution is 1.75. The number of carboxylic acid groups (broad SMARTS) is 1. The quantitative estimate of drug-likeness (QED) is 0.506. The van der Waals surface area contributed by atoms with E-state index in [9.17, 15) is 4.79 Å². The van der Waals surface area contributed by atoms with Crippen molar-refractivity contribution in [2.24, 2.45) is 11.6 Å². The second-order valence-corrected chi connectivity index (χ2v) is 1.28. The number of nitrogens with two attached hydrogens (primary N) is 2. The van der Waals surface area contributed by atoms with Gasteiger partial charge >= 0.3 is 5.97 Å². The van der Waals surface area contributed by atoms with Gasteiger partial charge in [0, 0.05) is 0 Å². The topological polar surface area (TPSA) is 98.6 Å². The van der Waals surface area contributed by atoms with E-state index in [-0.39, 0.29) is 31.4 Å². The van der Waals surface area contributed by atoms with Crippen molar-refractivity contribution in [3.63, 3.8) is 0 Å². The molecule has 0 bridgehead atoms. The van der Waals surface area contributed by atoms with E-state index in [4.69, 9.17) is 10.8 Å². The van der Waals surface area contributed by atoms with Gasteiger partial charge in [0.25, 0.3) is 0 Å². The first-order valence-corrected chi connectivity index (χ1v) is 1.98. The molecule has 0 amide bonds. The van der Waals surface area contributed by atoms with Gasteiger partial charge in [-0.15, -0.1) is 24.8 Å². The highest BCUT2D eigenvalue weighted by atomic mass is 35.5. The molecule has 0 saturated heterocycles. The lowest BCUT2D eigenvalue weighted by Gasteiger charge is -2.00. The molecule has 0 rings (SSSR count). The Morgan fingerprint density at radius 1 is 1.60 bits per heavy atom. The second-order valence-electron chi connectivity index (χ2n) is 1.28. The molecule has 0 aliphatic carbocycles. The normalized spacial score (nSPS) is 10.6. The molecule has 5 N–H and O–H groups in total. The predicted octanol–water partition coefficient (Wildman–Crippen LogP) is -0.868. The molecular weight excluding hydrogens is 183 g/mol. The maximum atomic E-state index is 9.83. The molecule has 0 aliphatic rings. The summed E-state index contributed by atoms with van der Waals surface area (Å²) in [5, 5.41) is 8.05. The average molecular weight is 193 g/mol. The van der Waals surface area contributed by atoms with Crippen molar-refractivity contribution < 1.29 is 14.7 Å². The molecule has 0 heterocycles. The third-order valence-corrected chi connectivity index (χ3v) is 0.593. The molecule has 10 heavy (non-hydrogen) atoms. The van der Waals surface area contributed by atoms with Crippen molar-refractivity contribution in [3.05, 3.63) is 0 Å². The van der Waals surface area contributed by atoms with Crippen LogP contribution in [0.15, 0.2) is 0 Å². The van der Waals surface area contributed by atoms with Gasteiger partial charge in [-0.2, -0.15) is 0 Å². The summed E-state index contributed by atoms with van der Waals surface area (Å²) >= 11 is 0. The van der Waals surface area contributed by atoms with Gasteiger partial charge in [-0.25, -0.2) is 5.90 Å². The maximum Gasteiger partial charge on any atom is 0.322 e. The minimum absolute atomic E-state index is 0. The van der Waals surface area contributed by atoms with Crippen molar-refractivity contribution in [3.8, 4) is 0 Å². The summed E-state index contributed by atoms with van der Waals surface area (Å²) < 4.78 is 0. The molecule has 7 heteroatoms. The van der Waals surface area contributed by atoms with Gasteiger partial charge in [0.05, 0.1) is 6.61 Å². The Hall–Kier alpha value is -0.0700. The van der Waals surface area contributed by atoms with Gasteiger partial charge in [0.15, 0.2) is 0 Å². The molecule has 0 spiro atoms. The number of hydrogen-bond acceptors (Lipinski definition) is 4. The lowest BCUT2D eigenvalue weighted by molar-refractivity contribution is -0.140. The van der Waals surface area contributed by atoms with E-state index >= 15 is 0 Å². The first-order valence-electron chi connectivity index (χ1n) is 1.98.